The van der Waals surface area contributed by atoms with Crippen LogP contribution in [-0.2, 0) is 16.6 Å². The van der Waals surface area contributed by atoms with E-state index in [9.17, 15) is 8.42 Å². The Hall–Kier alpha value is -1.66. The van der Waals surface area contributed by atoms with Gasteiger partial charge in [-0.15, -0.1) is 0 Å². The minimum atomic E-state index is -3.51. The summed E-state index contributed by atoms with van der Waals surface area (Å²) in [6.45, 7) is 12.7. The molecule has 24 heavy (non-hydrogen) atoms. The Morgan fingerprint density at radius 1 is 1.08 bits per heavy atom. The molecule has 0 bridgehead atoms. The fraction of sp³-hybridized carbons (Fsp3) is 0.500. The van der Waals surface area contributed by atoms with Gasteiger partial charge in [-0.05, 0) is 57.7 Å². The molecule has 1 atom stereocenters. The zero-order chi connectivity index (χ0) is 18.1. The van der Waals surface area contributed by atoms with E-state index in [0.717, 1.165) is 28.1 Å². The number of rotatable bonds is 6. The van der Waals surface area contributed by atoms with Gasteiger partial charge in [0.15, 0.2) is 0 Å². The summed E-state index contributed by atoms with van der Waals surface area (Å²) in [5.41, 5.74) is 4.71. The van der Waals surface area contributed by atoms with Crippen LogP contribution >= 0.6 is 0 Å². The Labute approximate surface area is 145 Å². The average molecular weight is 350 g/mol. The summed E-state index contributed by atoms with van der Waals surface area (Å²) >= 11 is 0. The summed E-state index contributed by atoms with van der Waals surface area (Å²) in [7, 11) is -3.51. The van der Waals surface area contributed by atoms with E-state index in [-0.39, 0.29) is 5.92 Å². The summed E-state index contributed by atoms with van der Waals surface area (Å²) in [4.78, 5) is 0.395. The van der Waals surface area contributed by atoms with Gasteiger partial charge in [0.25, 0.3) is 0 Å². The van der Waals surface area contributed by atoms with E-state index in [1.165, 1.54) is 0 Å². The maximum Gasteiger partial charge on any atom is 0.241 e. The lowest BCUT2D eigenvalue weighted by Gasteiger charge is -2.16. The van der Waals surface area contributed by atoms with Gasteiger partial charge in [-0.2, -0.15) is 5.10 Å². The largest absolute Gasteiger partial charge is 0.269 e. The molecule has 2 rings (SSSR count). The molecule has 0 spiro atoms. The van der Waals surface area contributed by atoms with Gasteiger partial charge in [0.2, 0.25) is 10.0 Å². The molecule has 0 aliphatic rings. The first-order valence-electron chi connectivity index (χ1n) is 8.18. The minimum absolute atomic E-state index is 0.142. The number of nitrogens with zero attached hydrogens (tertiary/aromatic N) is 2. The van der Waals surface area contributed by atoms with E-state index in [2.05, 4.69) is 9.82 Å². The highest BCUT2D eigenvalue weighted by Gasteiger charge is 2.20. The topological polar surface area (TPSA) is 64.0 Å². The average Bonchev–Trinajstić information content (AvgIpc) is 2.73. The van der Waals surface area contributed by atoms with Crippen LogP contribution in [0.2, 0.25) is 0 Å². The highest BCUT2D eigenvalue weighted by atomic mass is 32.2. The number of nitrogens with one attached hydrogen (secondary N) is 1. The van der Waals surface area contributed by atoms with Crippen molar-refractivity contribution in [3.8, 4) is 0 Å². The molecule has 0 saturated carbocycles. The SMILES string of the molecule is Cc1cc(C)c(S(=O)(=O)NC[C@H](C)Cn2nc(C)cc2C)c(C)c1. The number of sulfonamides is 1. The van der Waals surface area contributed by atoms with Crippen molar-refractivity contribution in [3.63, 3.8) is 0 Å². The maximum absolute atomic E-state index is 12.7. The van der Waals surface area contributed by atoms with Gasteiger partial charge in [0.05, 0.1) is 10.6 Å². The van der Waals surface area contributed by atoms with Gasteiger partial charge >= 0.3 is 0 Å². The van der Waals surface area contributed by atoms with Crippen LogP contribution in [0.15, 0.2) is 23.1 Å². The van der Waals surface area contributed by atoms with Gasteiger partial charge in [-0.3, -0.25) is 4.68 Å². The van der Waals surface area contributed by atoms with Gasteiger partial charge in [0, 0.05) is 18.8 Å². The lowest BCUT2D eigenvalue weighted by Crippen LogP contribution is -2.31. The molecule has 0 radical (unpaired) electrons. The molecule has 5 nitrogen and oxygen atoms in total. The van der Waals surface area contributed by atoms with Crippen LogP contribution in [0.5, 0.6) is 0 Å². The quantitative estimate of drug-likeness (QED) is 0.872. The molecule has 2 aromatic rings. The fourth-order valence-corrected chi connectivity index (χ4v) is 4.75. The van der Waals surface area contributed by atoms with Crippen LogP contribution in [0.25, 0.3) is 0 Å². The summed E-state index contributed by atoms with van der Waals surface area (Å²) in [5.74, 6) is 0.142. The van der Waals surface area contributed by atoms with Gasteiger partial charge in [-0.25, -0.2) is 13.1 Å². The third-order valence-corrected chi connectivity index (χ3v) is 5.81. The molecule has 0 amide bonds. The van der Waals surface area contributed by atoms with Crippen LogP contribution in [0, 0.1) is 40.5 Å². The van der Waals surface area contributed by atoms with E-state index >= 15 is 0 Å². The summed E-state index contributed by atoms with van der Waals surface area (Å²) < 4.78 is 30.0. The van der Waals surface area contributed by atoms with Crippen molar-refractivity contribution >= 4 is 10.0 Å². The van der Waals surface area contributed by atoms with E-state index < -0.39 is 10.0 Å². The first-order chi connectivity index (χ1) is 11.1. The third-order valence-electron chi connectivity index (χ3n) is 4.08. The zero-order valence-corrected chi connectivity index (χ0v) is 16.2. The second-order valence-electron chi connectivity index (χ2n) is 6.79. The van der Waals surface area contributed by atoms with Crippen molar-refractivity contribution in [3.05, 3.63) is 46.3 Å². The first-order valence-corrected chi connectivity index (χ1v) is 9.67. The second kappa shape index (κ2) is 7.07. The molecule has 1 aromatic heterocycles. The molecule has 0 saturated heterocycles. The predicted molar refractivity (Wildman–Crippen MR) is 96.7 cm³/mol. The molecular formula is C18H27N3O2S. The molecule has 1 aromatic carbocycles. The second-order valence-corrected chi connectivity index (χ2v) is 8.50. The Kier molecular flexibility index (Phi) is 5.50. The first kappa shape index (κ1) is 18.7. The van der Waals surface area contributed by atoms with Crippen molar-refractivity contribution in [2.75, 3.05) is 6.54 Å². The van der Waals surface area contributed by atoms with Gasteiger partial charge in [-0.1, -0.05) is 24.6 Å². The van der Waals surface area contributed by atoms with Crippen molar-refractivity contribution < 1.29 is 8.42 Å². The number of hydrogen-bond donors (Lipinski definition) is 1. The fourth-order valence-electron chi connectivity index (χ4n) is 3.13. The van der Waals surface area contributed by atoms with Crippen molar-refractivity contribution in [1.82, 2.24) is 14.5 Å². The zero-order valence-electron chi connectivity index (χ0n) is 15.3. The van der Waals surface area contributed by atoms with Gasteiger partial charge in [0.1, 0.15) is 0 Å². The van der Waals surface area contributed by atoms with Crippen molar-refractivity contribution in [1.29, 1.82) is 0 Å². The van der Waals surface area contributed by atoms with Crippen LogP contribution in [0.4, 0.5) is 0 Å². The van der Waals surface area contributed by atoms with E-state index in [1.54, 1.807) is 0 Å². The molecule has 6 heteroatoms. The number of hydrogen-bond acceptors (Lipinski definition) is 3. The van der Waals surface area contributed by atoms with Crippen molar-refractivity contribution in [2.24, 2.45) is 5.92 Å². The molecule has 132 valence electrons. The smallest absolute Gasteiger partial charge is 0.241 e. The number of aryl methyl sites for hydroxylation is 5. The molecule has 1 N–H and O–H groups in total. The lowest BCUT2D eigenvalue weighted by atomic mass is 10.1. The molecular weight excluding hydrogens is 322 g/mol. The lowest BCUT2D eigenvalue weighted by molar-refractivity contribution is 0.436. The van der Waals surface area contributed by atoms with E-state index in [1.807, 2.05) is 64.4 Å². The van der Waals surface area contributed by atoms with E-state index in [4.69, 9.17) is 0 Å². The number of benzene rings is 1. The van der Waals surface area contributed by atoms with Crippen LogP contribution < -0.4 is 4.72 Å². The number of aromatic nitrogens is 2. The summed E-state index contributed by atoms with van der Waals surface area (Å²) in [6, 6.07) is 5.83. The molecule has 0 aliphatic heterocycles. The van der Waals surface area contributed by atoms with Gasteiger partial charge < -0.3 is 0 Å². The highest BCUT2D eigenvalue weighted by Crippen LogP contribution is 2.21. The summed E-state index contributed by atoms with van der Waals surface area (Å²) in [5, 5.41) is 4.43. The monoisotopic (exact) mass is 349 g/mol. The maximum atomic E-state index is 12.7. The summed E-state index contributed by atoms with van der Waals surface area (Å²) in [6.07, 6.45) is 0. The standard InChI is InChI=1S/C18H27N3O2S/c1-12-7-14(3)18(15(4)8-12)24(22,23)19-10-13(2)11-21-17(6)9-16(5)20-21/h7-9,13,19H,10-11H2,1-6H3/t13-/m0/s1. The third kappa shape index (κ3) is 4.24. The Morgan fingerprint density at radius 2 is 1.67 bits per heavy atom. The normalized spacial score (nSPS) is 13.2. The molecule has 0 unspecified atom stereocenters. The Balaban J connectivity index is 2.09. The highest BCUT2D eigenvalue weighted by molar-refractivity contribution is 7.89. The molecule has 0 fully saturated rings. The van der Waals surface area contributed by atoms with Crippen LogP contribution in [0.1, 0.15) is 35.0 Å². The molecule has 1 heterocycles. The minimum Gasteiger partial charge on any atom is -0.269 e. The van der Waals surface area contributed by atoms with Crippen molar-refractivity contribution in [2.45, 2.75) is 53.0 Å². The Bertz CT molecular complexity index is 815. The van der Waals surface area contributed by atoms with Crippen LogP contribution in [0.3, 0.4) is 0 Å². The predicted octanol–water partition coefficient (Wildman–Crippen LogP) is 3.04. The van der Waals surface area contributed by atoms with Crippen LogP contribution in [-0.4, -0.2) is 24.7 Å². The molecule has 0 aliphatic carbocycles. The van der Waals surface area contributed by atoms with E-state index in [0.29, 0.717) is 18.0 Å². The Morgan fingerprint density at radius 3 is 2.17 bits per heavy atom.